The van der Waals surface area contributed by atoms with Gasteiger partial charge in [0, 0.05) is 43.4 Å². The number of unbranched alkanes of at least 4 members (excludes halogenated alkanes) is 1. The van der Waals surface area contributed by atoms with Gasteiger partial charge in [-0.3, -0.25) is 18.8 Å². The molecule has 1 heterocycles. The first-order chi connectivity index (χ1) is 18.9. The van der Waals surface area contributed by atoms with Crippen LogP contribution < -0.4 is 19.9 Å². The monoisotopic (exact) mass is 561 g/mol. The summed E-state index contributed by atoms with van der Waals surface area (Å²) in [7, 11) is -0.995. The summed E-state index contributed by atoms with van der Waals surface area (Å²) in [5.41, 5.74) is 6.57. The molecule has 1 fully saturated rings. The van der Waals surface area contributed by atoms with Crippen molar-refractivity contribution >= 4 is 16.7 Å². The smallest absolute Gasteiger partial charge is 0.239 e. The summed E-state index contributed by atoms with van der Waals surface area (Å²) in [4.78, 5) is 17.7. The van der Waals surface area contributed by atoms with Gasteiger partial charge in [0.2, 0.25) is 5.91 Å². The molecule has 216 valence electrons. The summed E-state index contributed by atoms with van der Waals surface area (Å²) in [5.74, 6) is 2.04. The van der Waals surface area contributed by atoms with Gasteiger partial charge in [-0.25, -0.2) is 0 Å². The number of carbonyl (C=O) groups excluding carboxylic acids is 1. The third-order valence-corrected chi connectivity index (χ3v) is 8.08. The SMILES string of the molecule is CCCCS(=O)c1ccc(OCC(O)CN2CCN(C(C(N)=O)c3c(OCC)cccc3OCC)CC2)cc1. The number of benzene rings is 2. The van der Waals surface area contributed by atoms with Crippen LogP contribution in [0.3, 0.4) is 0 Å². The Bertz CT molecular complexity index is 1040. The second-order valence-corrected chi connectivity index (χ2v) is 11.1. The molecular weight excluding hydrogens is 518 g/mol. The molecule has 1 saturated heterocycles. The van der Waals surface area contributed by atoms with Gasteiger partial charge in [0.1, 0.15) is 36.0 Å². The number of aliphatic hydroxyl groups excluding tert-OH is 1. The molecule has 2 aromatic rings. The largest absolute Gasteiger partial charge is 0.493 e. The summed E-state index contributed by atoms with van der Waals surface area (Å²) < 4.78 is 29.7. The van der Waals surface area contributed by atoms with Gasteiger partial charge in [-0.05, 0) is 56.7 Å². The Hall–Kier alpha value is -2.66. The number of primary amides is 1. The minimum absolute atomic E-state index is 0.155. The van der Waals surface area contributed by atoms with E-state index in [0.29, 0.717) is 74.5 Å². The molecule has 0 radical (unpaired) electrons. The van der Waals surface area contributed by atoms with Crippen LogP contribution in [0.15, 0.2) is 47.4 Å². The lowest BCUT2D eigenvalue weighted by atomic mass is 10.0. The van der Waals surface area contributed by atoms with Gasteiger partial charge in [-0.15, -0.1) is 0 Å². The molecule has 3 unspecified atom stereocenters. The predicted octanol–water partition coefficient (Wildman–Crippen LogP) is 2.98. The Kier molecular flexibility index (Phi) is 12.5. The van der Waals surface area contributed by atoms with Crippen LogP contribution in [-0.4, -0.2) is 89.4 Å². The van der Waals surface area contributed by atoms with E-state index in [1.54, 1.807) is 12.1 Å². The third-order valence-electron chi connectivity index (χ3n) is 6.62. The number of aliphatic hydroxyl groups is 1. The molecule has 0 bridgehead atoms. The van der Waals surface area contributed by atoms with E-state index in [-0.39, 0.29) is 6.61 Å². The Balaban J connectivity index is 1.54. The predicted molar refractivity (Wildman–Crippen MR) is 153 cm³/mol. The fourth-order valence-corrected chi connectivity index (χ4v) is 5.92. The molecular formula is C29H43N3O6S. The molecule has 39 heavy (non-hydrogen) atoms. The topological polar surface area (TPSA) is 115 Å². The highest BCUT2D eigenvalue weighted by molar-refractivity contribution is 7.85. The highest BCUT2D eigenvalue weighted by Crippen LogP contribution is 2.38. The molecule has 3 N–H and O–H groups in total. The minimum atomic E-state index is -0.995. The van der Waals surface area contributed by atoms with Crippen molar-refractivity contribution in [1.29, 1.82) is 0 Å². The summed E-state index contributed by atoms with van der Waals surface area (Å²) >= 11 is 0. The van der Waals surface area contributed by atoms with Gasteiger partial charge in [-0.1, -0.05) is 19.4 Å². The molecule has 3 rings (SSSR count). The molecule has 3 atom stereocenters. The van der Waals surface area contributed by atoms with E-state index in [1.165, 1.54) is 0 Å². The number of nitrogens with zero attached hydrogens (tertiary/aromatic N) is 2. The number of nitrogens with two attached hydrogens (primary N) is 1. The van der Waals surface area contributed by atoms with Crippen LogP contribution in [0.5, 0.6) is 17.2 Å². The lowest BCUT2D eigenvalue weighted by molar-refractivity contribution is -0.124. The Labute approximate surface area is 234 Å². The van der Waals surface area contributed by atoms with Crippen molar-refractivity contribution in [1.82, 2.24) is 9.80 Å². The second kappa shape index (κ2) is 15.8. The maximum Gasteiger partial charge on any atom is 0.239 e. The number of carbonyl (C=O) groups is 1. The Morgan fingerprint density at radius 3 is 2.13 bits per heavy atom. The van der Waals surface area contributed by atoms with Crippen LogP contribution in [0.2, 0.25) is 0 Å². The number of hydrogen-bond donors (Lipinski definition) is 2. The molecule has 0 spiro atoms. The molecule has 0 aliphatic carbocycles. The van der Waals surface area contributed by atoms with Gasteiger partial charge in [-0.2, -0.15) is 0 Å². The van der Waals surface area contributed by atoms with Crippen LogP contribution in [0.1, 0.15) is 45.2 Å². The lowest BCUT2D eigenvalue weighted by Gasteiger charge is -2.39. The normalized spacial score (nSPS) is 16.8. The molecule has 10 heteroatoms. The number of ether oxygens (including phenoxy) is 3. The Morgan fingerprint density at radius 2 is 1.59 bits per heavy atom. The quantitative estimate of drug-likeness (QED) is 0.322. The first kappa shape index (κ1) is 30.9. The Morgan fingerprint density at radius 1 is 0.974 bits per heavy atom. The standard InChI is InChI=1S/C29H43N3O6S/c1-4-7-19-39(35)24-13-11-23(12-14-24)38-21-22(33)20-31-15-17-32(18-16-31)28(29(30)34)27-25(36-5-2)9-8-10-26(27)37-6-3/h8-14,22,28,33H,4-7,15-21H2,1-3H3,(H2,30,34). The van der Waals surface area contributed by atoms with Gasteiger partial charge in [0.05, 0.1) is 29.6 Å². The van der Waals surface area contributed by atoms with Crippen LogP contribution in [0.4, 0.5) is 0 Å². The lowest BCUT2D eigenvalue weighted by Crippen LogP contribution is -2.52. The third kappa shape index (κ3) is 8.93. The first-order valence-corrected chi connectivity index (χ1v) is 15.1. The fourth-order valence-electron chi connectivity index (χ4n) is 4.69. The number of hydrogen-bond acceptors (Lipinski definition) is 8. The summed E-state index contributed by atoms with van der Waals surface area (Å²) in [6.07, 6.45) is 1.27. The van der Waals surface area contributed by atoms with Crippen LogP contribution in [-0.2, 0) is 15.6 Å². The zero-order chi connectivity index (χ0) is 28.2. The number of β-amino-alcohol motifs (C(OH)–C–C–N with tert-alkyl or cyclic N) is 1. The number of piperazine rings is 1. The molecule has 0 saturated carbocycles. The average molecular weight is 562 g/mol. The van der Waals surface area contributed by atoms with E-state index in [9.17, 15) is 14.1 Å². The van der Waals surface area contributed by atoms with E-state index >= 15 is 0 Å². The van der Waals surface area contributed by atoms with Crippen LogP contribution >= 0.6 is 0 Å². The van der Waals surface area contributed by atoms with Crippen LogP contribution in [0.25, 0.3) is 0 Å². The molecule has 1 amide bonds. The van der Waals surface area contributed by atoms with E-state index < -0.39 is 28.9 Å². The highest BCUT2D eigenvalue weighted by atomic mass is 32.2. The second-order valence-electron chi connectivity index (χ2n) is 9.51. The van der Waals surface area contributed by atoms with Crippen molar-refractivity contribution in [2.45, 2.75) is 50.7 Å². The van der Waals surface area contributed by atoms with E-state index in [2.05, 4.69) is 11.8 Å². The van der Waals surface area contributed by atoms with Crippen molar-refractivity contribution in [2.24, 2.45) is 5.73 Å². The summed E-state index contributed by atoms with van der Waals surface area (Å²) in [5, 5.41) is 10.6. The maximum absolute atomic E-state index is 12.7. The number of rotatable bonds is 16. The molecule has 9 nitrogen and oxygen atoms in total. The van der Waals surface area contributed by atoms with Gasteiger partial charge >= 0.3 is 0 Å². The summed E-state index contributed by atoms with van der Waals surface area (Å²) in [6, 6.07) is 12.1. The van der Waals surface area contributed by atoms with Crippen molar-refractivity contribution < 1.29 is 28.3 Å². The van der Waals surface area contributed by atoms with E-state index in [4.69, 9.17) is 19.9 Å². The summed E-state index contributed by atoms with van der Waals surface area (Å²) in [6.45, 7) is 9.95. The van der Waals surface area contributed by atoms with Crippen molar-refractivity contribution in [3.63, 3.8) is 0 Å². The molecule has 1 aliphatic heterocycles. The highest BCUT2D eigenvalue weighted by Gasteiger charge is 2.34. The molecule has 2 aromatic carbocycles. The van der Waals surface area contributed by atoms with Gasteiger partial charge in [0.15, 0.2) is 0 Å². The average Bonchev–Trinajstić information content (AvgIpc) is 2.93. The van der Waals surface area contributed by atoms with Crippen molar-refractivity contribution in [3.05, 3.63) is 48.0 Å². The maximum atomic E-state index is 12.7. The van der Waals surface area contributed by atoms with E-state index in [1.807, 2.05) is 49.1 Å². The van der Waals surface area contributed by atoms with Crippen molar-refractivity contribution in [3.8, 4) is 17.2 Å². The van der Waals surface area contributed by atoms with Crippen LogP contribution in [0, 0.1) is 0 Å². The zero-order valence-electron chi connectivity index (χ0n) is 23.3. The van der Waals surface area contributed by atoms with Gasteiger partial charge < -0.3 is 25.1 Å². The minimum Gasteiger partial charge on any atom is -0.493 e. The first-order valence-electron chi connectivity index (χ1n) is 13.8. The zero-order valence-corrected chi connectivity index (χ0v) is 24.2. The van der Waals surface area contributed by atoms with Crippen molar-refractivity contribution in [2.75, 3.05) is 58.3 Å². The van der Waals surface area contributed by atoms with E-state index in [0.717, 1.165) is 17.7 Å². The fraction of sp³-hybridized carbons (Fsp3) is 0.552. The molecule has 0 aromatic heterocycles. The molecule has 1 aliphatic rings. The number of amides is 1. The van der Waals surface area contributed by atoms with Gasteiger partial charge in [0.25, 0.3) is 0 Å².